The van der Waals surface area contributed by atoms with E-state index in [0.717, 1.165) is 24.0 Å². The number of benzene rings is 1. The van der Waals surface area contributed by atoms with Crippen LogP contribution in [-0.2, 0) is 5.41 Å². The van der Waals surface area contributed by atoms with Crippen molar-refractivity contribution in [1.29, 1.82) is 0 Å². The van der Waals surface area contributed by atoms with E-state index in [1.807, 2.05) is 24.3 Å². The van der Waals surface area contributed by atoms with Gasteiger partial charge in [-0.15, -0.1) is 0 Å². The van der Waals surface area contributed by atoms with Gasteiger partial charge in [0.15, 0.2) is 5.82 Å². The van der Waals surface area contributed by atoms with E-state index >= 15 is 0 Å². The Morgan fingerprint density at radius 3 is 2.83 bits per heavy atom. The second kappa shape index (κ2) is 6.39. The minimum Gasteiger partial charge on any atom is -0.394 e. The number of rotatable bonds is 6. The summed E-state index contributed by atoms with van der Waals surface area (Å²) in [5, 5.41) is 4.11. The fraction of sp³-hybridized carbons (Fsp3) is 0.278. The molecule has 0 bridgehead atoms. The summed E-state index contributed by atoms with van der Waals surface area (Å²) < 4.78 is 18.0. The Kier molecular flexibility index (Phi) is 4.29. The van der Waals surface area contributed by atoms with Crippen LogP contribution in [0.15, 0.2) is 46.4 Å². The summed E-state index contributed by atoms with van der Waals surface area (Å²) in [5.41, 5.74) is 8.29. The molecule has 24 heavy (non-hydrogen) atoms. The van der Waals surface area contributed by atoms with Crippen LogP contribution in [0, 0.1) is 0 Å². The maximum absolute atomic E-state index is 12.7. The molecule has 0 saturated heterocycles. The zero-order valence-electron chi connectivity index (χ0n) is 13.5. The molecule has 0 amide bonds. The monoisotopic (exact) mass is 326 g/mol. The van der Waals surface area contributed by atoms with Gasteiger partial charge in [-0.05, 0) is 30.0 Å². The molecule has 1 aromatic heterocycles. The quantitative estimate of drug-likeness (QED) is 0.827. The average Bonchev–Trinajstić information content (AvgIpc) is 3.28. The number of nitrogens with zero attached hydrogens (tertiary/aromatic N) is 3. The second-order valence-electron chi connectivity index (χ2n) is 5.74. The predicted octanol–water partition coefficient (Wildman–Crippen LogP) is 3.13. The van der Waals surface area contributed by atoms with Gasteiger partial charge in [-0.1, -0.05) is 42.1 Å². The molecule has 124 valence electrons. The number of alkyl halides is 1. The first-order valence-electron chi connectivity index (χ1n) is 7.70. The Morgan fingerprint density at radius 1 is 1.46 bits per heavy atom. The van der Waals surface area contributed by atoms with E-state index < -0.39 is 6.67 Å². The van der Waals surface area contributed by atoms with Crippen LogP contribution in [0.2, 0.25) is 0 Å². The molecule has 0 atom stereocenters. The van der Waals surface area contributed by atoms with Crippen molar-refractivity contribution < 1.29 is 8.91 Å². The summed E-state index contributed by atoms with van der Waals surface area (Å²) in [4.78, 5) is 8.23. The molecular formula is C18H19FN4O. The molecule has 1 aliphatic rings. The molecule has 1 fully saturated rings. The first-order chi connectivity index (χ1) is 11.6. The smallest absolute Gasteiger partial charge is 0.273 e. The fourth-order valence-corrected chi connectivity index (χ4v) is 2.79. The number of hydrogen-bond acceptors (Lipinski definition) is 5. The van der Waals surface area contributed by atoms with Gasteiger partial charge in [-0.25, -0.2) is 4.39 Å². The molecule has 0 spiro atoms. The van der Waals surface area contributed by atoms with Crippen LogP contribution in [0.25, 0.3) is 11.8 Å². The summed E-state index contributed by atoms with van der Waals surface area (Å²) in [6.45, 7) is 3.17. The van der Waals surface area contributed by atoms with E-state index in [-0.39, 0.29) is 22.7 Å². The summed E-state index contributed by atoms with van der Waals surface area (Å²) >= 11 is 0. The highest BCUT2D eigenvalue weighted by molar-refractivity contribution is 6.00. The largest absolute Gasteiger partial charge is 0.394 e. The van der Waals surface area contributed by atoms with Crippen LogP contribution in [0.3, 0.4) is 0 Å². The third-order valence-corrected chi connectivity index (χ3v) is 4.29. The van der Waals surface area contributed by atoms with Crippen molar-refractivity contribution in [3.05, 3.63) is 59.8 Å². The number of aromatic nitrogens is 2. The Morgan fingerprint density at radius 2 is 2.21 bits per heavy atom. The van der Waals surface area contributed by atoms with E-state index in [2.05, 4.69) is 27.8 Å². The topological polar surface area (TPSA) is 77.3 Å². The Balaban J connectivity index is 1.95. The van der Waals surface area contributed by atoms with Crippen molar-refractivity contribution >= 4 is 17.5 Å². The van der Waals surface area contributed by atoms with Crippen LogP contribution in [0.5, 0.6) is 0 Å². The lowest BCUT2D eigenvalue weighted by atomic mass is 9.90. The molecule has 5 nitrogen and oxygen atoms in total. The Bertz CT molecular complexity index is 818. The van der Waals surface area contributed by atoms with Gasteiger partial charge in [0.25, 0.3) is 5.89 Å². The van der Waals surface area contributed by atoms with Gasteiger partial charge in [0.2, 0.25) is 0 Å². The van der Waals surface area contributed by atoms with Crippen LogP contribution >= 0.6 is 0 Å². The van der Waals surface area contributed by atoms with Crippen LogP contribution in [0.4, 0.5) is 4.39 Å². The molecule has 3 rings (SSSR count). The minimum absolute atomic E-state index is 0.182. The number of halogens is 1. The normalized spacial score (nSPS) is 16.9. The number of nitrogens with two attached hydrogens (primary N) is 1. The number of aliphatic imine (C=N–C) groups is 1. The maximum Gasteiger partial charge on any atom is 0.273 e. The molecule has 1 aliphatic carbocycles. The molecule has 6 heteroatoms. The van der Waals surface area contributed by atoms with Gasteiger partial charge in [0.05, 0.1) is 16.8 Å². The second-order valence-corrected chi connectivity index (χ2v) is 5.74. The Hall–Kier alpha value is -2.76. The van der Waals surface area contributed by atoms with E-state index in [1.165, 1.54) is 13.1 Å². The van der Waals surface area contributed by atoms with Crippen LogP contribution in [0.1, 0.15) is 35.7 Å². The van der Waals surface area contributed by atoms with E-state index in [0.29, 0.717) is 5.82 Å². The molecule has 1 heterocycles. The highest BCUT2D eigenvalue weighted by Crippen LogP contribution is 2.53. The lowest BCUT2D eigenvalue weighted by Crippen LogP contribution is -2.13. The van der Waals surface area contributed by atoms with E-state index in [4.69, 9.17) is 10.3 Å². The summed E-state index contributed by atoms with van der Waals surface area (Å²) in [7, 11) is 1.50. The van der Waals surface area contributed by atoms with E-state index in [9.17, 15) is 4.39 Å². The van der Waals surface area contributed by atoms with Gasteiger partial charge >= 0.3 is 0 Å². The standard InChI is InChI=1S/C18H19FN4O/c1-3-12-6-4-5-7-14(12)18(8-9-18)17-22-16(24-23-17)15(20)10-13(11-19)21-2/h3-7,10H,1,8-9,11,20H2,2H3/b15-10-,21-13?. The molecule has 1 aromatic carbocycles. The first-order valence-corrected chi connectivity index (χ1v) is 7.70. The van der Waals surface area contributed by atoms with Crippen LogP contribution < -0.4 is 5.73 Å². The SMILES string of the molecule is C=Cc1ccccc1C1(c2noc(/C(N)=C/C(CF)=NC)n2)CC1. The zero-order valence-corrected chi connectivity index (χ0v) is 13.5. The van der Waals surface area contributed by atoms with Gasteiger partial charge < -0.3 is 10.3 Å². The first kappa shape index (κ1) is 16.1. The van der Waals surface area contributed by atoms with Gasteiger partial charge in [0.1, 0.15) is 6.67 Å². The van der Waals surface area contributed by atoms with Crippen LogP contribution in [-0.4, -0.2) is 29.6 Å². The van der Waals surface area contributed by atoms with Gasteiger partial charge in [0, 0.05) is 7.05 Å². The third-order valence-electron chi connectivity index (χ3n) is 4.29. The molecule has 0 unspecified atom stereocenters. The fourth-order valence-electron chi connectivity index (χ4n) is 2.79. The molecule has 1 saturated carbocycles. The minimum atomic E-state index is -0.700. The average molecular weight is 326 g/mol. The molecule has 0 radical (unpaired) electrons. The van der Waals surface area contributed by atoms with Crippen molar-refractivity contribution in [1.82, 2.24) is 10.1 Å². The van der Waals surface area contributed by atoms with Crippen molar-refractivity contribution in [3.8, 4) is 0 Å². The highest BCUT2D eigenvalue weighted by Gasteiger charge is 2.50. The van der Waals surface area contributed by atoms with Crippen molar-refractivity contribution in [3.63, 3.8) is 0 Å². The zero-order chi connectivity index (χ0) is 17.2. The Labute approximate surface area is 139 Å². The molecular weight excluding hydrogens is 307 g/mol. The van der Waals surface area contributed by atoms with Gasteiger partial charge in [-0.3, -0.25) is 4.99 Å². The summed E-state index contributed by atoms with van der Waals surface area (Å²) in [6, 6.07) is 8.04. The summed E-state index contributed by atoms with van der Waals surface area (Å²) in [6.07, 6.45) is 5.11. The van der Waals surface area contributed by atoms with Crippen molar-refractivity contribution in [2.75, 3.05) is 13.7 Å². The van der Waals surface area contributed by atoms with Crippen molar-refractivity contribution in [2.24, 2.45) is 10.7 Å². The van der Waals surface area contributed by atoms with Gasteiger partial charge in [-0.2, -0.15) is 4.98 Å². The lowest BCUT2D eigenvalue weighted by Gasteiger charge is -2.14. The highest BCUT2D eigenvalue weighted by atomic mass is 19.1. The molecule has 0 aliphatic heterocycles. The number of hydrogen-bond donors (Lipinski definition) is 1. The predicted molar refractivity (Wildman–Crippen MR) is 92.3 cm³/mol. The third kappa shape index (κ3) is 2.75. The molecule has 2 aromatic rings. The summed E-state index contributed by atoms with van der Waals surface area (Å²) in [5.74, 6) is 0.778. The van der Waals surface area contributed by atoms with E-state index in [1.54, 1.807) is 0 Å². The lowest BCUT2D eigenvalue weighted by molar-refractivity contribution is 0.396. The van der Waals surface area contributed by atoms with Crippen molar-refractivity contribution in [2.45, 2.75) is 18.3 Å². The number of allylic oxidation sites excluding steroid dienone is 1. The maximum atomic E-state index is 12.7. The molecule has 2 N–H and O–H groups in total.